The van der Waals surface area contributed by atoms with Crippen molar-refractivity contribution in [3.05, 3.63) is 23.9 Å². The summed E-state index contributed by atoms with van der Waals surface area (Å²) >= 11 is 0. The van der Waals surface area contributed by atoms with Crippen LogP contribution in [0, 0.1) is 17.3 Å². The molecule has 7 nitrogen and oxygen atoms in total. The molecule has 4 N–H and O–H groups in total. The van der Waals surface area contributed by atoms with Crippen molar-refractivity contribution in [2.24, 2.45) is 28.0 Å². The molecule has 2 heterocycles. The van der Waals surface area contributed by atoms with Crippen LogP contribution in [0.3, 0.4) is 0 Å². The summed E-state index contributed by atoms with van der Waals surface area (Å²) in [6, 6.07) is 4.09. The number of pyridine rings is 1. The first-order valence-electron chi connectivity index (χ1n) is 11.8. The number of nitrogens with two attached hydrogens (primary N) is 1. The summed E-state index contributed by atoms with van der Waals surface area (Å²) in [4.78, 5) is 22.8. The van der Waals surface area contributed by atoms with Crippen LogP contribution in [0.2, 0.25) is 0 Å². The number of amides is 1. The molecule has 1 aromatic rings. The standard InChI is InChI=1S/C24H40N6O/c1-18(2)15-24(10-4-5-11-24)17-29-23(26-3)28-16-20-7-6-12-27-22(20)30-13-8-19(9-14-30)21(25)31/h6-7,12,18-19H,4-5,8-11,13-17H2,1-3H3,(H2,25,31)(H2,26,28,29). The topological polar surface area (TPSA) is 95.6 Å². The molecule has 172 valence electrons. The van der Waals surface area contributed by atoms with E-state index in [1.54, 1.807) is 0 Å². The summed E-state index contributed by atoms with van der Waals surface area (Å²) in [5.74, 6) is 2.34. The second-order valence-corrected chi connectivity index (χ2v) is 9.73. The number of carbonyl (C=O) groups excluding carboxylic acids is 1. The van der Waals surface area contributed by atoms with Crippen molar-refractivity contribution >= 4 is 17.7 Å². The number of anilines is 1. The molecule has 1 saturated heterocycles. The van der Waals surface area contributed by atoms with Gasteiger partial charge in [0.1, 0.15) is 5.82 Å². The molecule has 31 heavy (non-hydrogen) atoms. The fraction of sp³-hybridized carbons (Fsp3) is 0.708. The first-order chi connectivity index (χ1) is 14.9. The highest BCUT2D eigenvalue weighted by Gasteiger charge is 2.34. The monoisotopic (exact) mass is 428 g/mol. The smallest absolute Gasteiger partial charge is 0.220 e. The lowest BCUT2D eigenvalue weighted by Gasteiger charge is -2.33. The van der Waals surface area contributed by atoms with Crippen LogP contribution in [0.25, 0.3) is 0 Å². The molecule has 0 radical (unpaired) electrons. The molecule has 0 atom stereocenters. The van der Waals surface area contributed by atoms with Crippen molar-refractivity contribution in [1.82, 2.24) is 15.6 Å². The molecule has 2 fully saturated rings. The normalized spacial score (nSPS) is 19.6. The SMILES string of the molecule is CN=C(NCc1cccnc1N1CCC(C(N)=O)CC1)NCC1(CC(C)C)CCCC1. The zero-order valence-electron chi connectivity index (χ0n) is 19.5. The number of nitrogens with zero attached hydrogens (tertiary/aromatic N) is 3. The first kappa shape index (κ1) is 23.4. The van der Waals surface area contributed by atoms with Gasteiger partial charge < -0.3 is 21.3 Å². The third-order valence-electron chi connectivity index (χ3n) is 6.87. The molecule has 0 spiro atoms. The molecule has 1 aliphatic carbocycles. The first-order valence-corrected chi connectivity index (χ1v) is 11.8. The van der Waals surface area contributed by atoms with Crippen LogP contribution in [0.15, 0.2) is 23.3 Å². The molecular weight excluding hydrogens is 388 g/mol. The Labute approximate surface area is 187 Å². The highest BCUT2D eigenvalue weighted by Crippen LogP contribution is 2.42. The lowest BCUT2D eigenvalue weighted by Crippen LogP contribution is -2.43. The Hall–Kier alpha value is -2.31. The second-order valence-electron chi connectivity index (χ2n) is 9.73. The van der Waals surface area contributed by atoms with Crippen LogP contribution in [0.4, 0.5) is 5.82 Å². The van der Waals surface area contributed by atoms with Gasteiger partial charge in [0.2, 0.25) is 5.91 Å². The van der Waals surface area contributed by atoms with E-state index in [4.69, 9.17) is 5.73 Å². The van der Waals surface area contributed by atoms with Gasteiger partial charge in [0, 0.05) is 50.9 Å². The van der Waals surface area contributed by atoms with Gasteiger partial charge in [-0.25, -0.2) is 4.98 Å². The van der Waals surface area contributed by atoms with Gasteiger partial charge in [0.15, 0.2) is 5.96 Å². The minimum Gasteiger partial charge on any atom is -0.369 e. The van der Waals surface area contributed by atoms with Gasteiger partial charge in [-0.1, -0.05) is 32.8 Å². The van der Waals surface area contributed by atoms with E-state index < -0.39 is 0 Å². The van der Waals surface area contributed by atoms with Crippen molar-refractivity contribution in [3.63, 3.8) is 0 Å². The van der Waals surface area contributed by atoms with Crippen molar-refractivity contribution in [2.45, 2.75) is 65.3 Å². The molecule has 3 rings (SSSR count). The summed E-state index contributed by atoms with van der Waals surface area (Å²) in [7, 11) is 1.83. The Balaban J connectivity index is 1.57. The Kier molecular flexibility index (Phi) is 8.15. The average Bonchev–Trinajstić information content (AvgIpc) is 3.22. The van der Waals surface area contributed by atoms with Crippen LogP contribution >= 0.6 is 0 Å². The summed E-state index contributed by atoms with van der Waals surface area (Å²) in [6.07, 6.45) is 9.98. The summed E-state index contributed by atoms with van der Waals surface area (Å²) < 4.78 is 0. The number of nitrogens with one attached hydrogen (secondary N) is 2. The molecule has 0 unspecified atom stereocenters. The van der Waals surface area contributed by atoms with Crippen molar-refractivity contribution in [3.8, 4) is 0 Å². The number of rotatable bonds is 8. The van der Waals surface area contributed by atoms with E-state index in [-0.39, 0.29) is 11.8 Å². The fourth-order valence-electron chi connectivity index (χ4n) is 5.34. The number of guanidine groups is 1. The minimum atomic E-state index is -0.185. The van der Waals surface area contributed by atoms with Crippen LogP contribution in [0.1, 0.15) is 64.4 Å². The molecule has 7 heteroatoms. The third kappa shape index (κ3) is 6.34. The van der Waals surface area contributed by atoms with Gasteiger partial charge in [-0.3, -0.25) is 9.79 Å². The van der Waals surface area contributed by atoms with E-state index >= 15 is 0 Å². The van der Waals surface area contributed by atoms with E-state index in [2.05, 4.69) is 45.4 Å². The van der Waals surface area contributed by atoms with Crippen LogP contribution < -0.4 is 21.3 Å². The van der Waals surface area contributed by atoms with E-state index in [1.807, 2.05) is 19.3 Å². The molecular formula is C24H40N6O. The van der Waals surface area contributed by atoms with Gasteiger partial charge in [0.05, 0.1) is 0 Å². The Morgan fingerprint density at radius 3 is 2.61 bits per heavy atom. The zero-order valence-corrected chi connectivity index (χ0v) is 19.5. The summed E-state index contributed by atoms with van der Waals surface area (Å²) in [5.41, 5.74) is 7.02. The molecule has 1 amide bonds. The summed E-state index contributed by atoms with van der Waals surface area (Å²) in [5, 5.41) is 7.08. The van der Waals surface area contributed by atoms with Crippen LogP contribution in [0.5, 0.6) is 0 Å². The summed E-state index contributed by atoms with van der Waals surface area (Å²) in [6.45, 7) is 7.90. The quantitative estimate of drug-likeness (QED) is 0.437. The predicted octanol–water partition coefficient (Wildman–Crippen LogP) is 3.05. The highest BCUT2D eigenvalue weighted by molar-refractivity contribution is 5.80. The van der Waals surface area contributed by atoms with Crippen molar-refractivity contribution in [1.29, 1.82) is 0 Å². The van der Waals surface area contributed by atoms with Gasteiger partial charge in [0.25, 0.3) is 0 Å². The van der Waals surface area contributed by atoms with Crippen LogP contribution in [-0.2, 0) is 11.3 Å². The van der Waals surface area contributed by atoms with E-state index in [0.29, 0.717) is 17.9 Å². The lowest BCUT2D eigenvalue weighted by molar-refractivity contribution is -0.122. The Morgan fingerprint density at radius 1 is 1.29 bits per heavy atom. The van der Waals surface area contributed by atoms with E-state index in [9.17, 15) is 4.79 Å². The van der Waals surface area contributed by atoms with Crippen molar-refractivity contribution < 1.29 is 4.79 Å². The largest absolute Gasteiger partial charge is 0.369 e. The number of primary amides is 1. The second kappa shape index (κ2) is 10.8. The lowest BCUT2D eigenvalue weighted by atomic mass is 9.78. The van der Waals surface area contributed by atoms with Crippen molar-refractivity contribution in [2.75, 3.05) is 31.6 Å². The van der Waals surface area contributed by atoms with Gasteiger partial charge in [-0.05, 0) is 49.5 Å². The maximum atomic E-state index is 11.5. The molecule has 1 saturated carbocycles. The fourth-order valence-corrected chi connectivity index (χ4v) is 5.34. The van der Waals surface area contributed by atoms with Gasteiger partial charge >= 0.3 is 0 Å². The number of hydrogen-bond donors (Lipinski definition) is 3. The average molecular weight is 429 g/mol. The Morgan fingerprint density at radius 2 is 2.00 bits per heavy atom. The number of carbonyl (C=O) groups is 1. The van der Waals surface area contributed by atoms with E-state index in [1.165, 1.54) is 32.1 Å². The van der Waals surface area contributed by atoms with E-state index in [0.717, 1.165) is 49.8 Å². The maximum absolute atomic E-state index is 11.5. The zero-order chi connectivity index (χ0) is 22.3. The molecule has 1 aliphatic heterocycles. The van der Waals surface area contributed by atoms with Gasteiger partial charge in [-0.15, -0.1) is 0 Å². The number of hydrogen-bond acceptors (Lipinski definition) is 4. The molecule has 0 bridgehead atoms. The van der Waals surface area contributed by atoms with Crippen LogP contribution in [-0.4, -0.2) is 43.5 Å². The Bertz CT molecular complexity index is 748. The van der Waals surface area contributed by atoms with Gasteiger partial charge in [-0.2, -0.15) is 0 Å². The molecule has 0 aromatic carbocycles. The third-order valence-corrected chi connectivity index (χ3v) is 6.87. The maximum Gasteiger partial charge on any atom is 0.220 e. The number of aliphatic imine (C=N–C) groups is 1. The molecule has 1 aromatic heterocycles. The minimum absolute atomic E-state index is 0.0155. The number of aromatic nitrogens is 1. The predicted molar refractivity (Wildman–Crippen MR) is 127 cm³/mol. The molecule has 2 aliphatic rings. The highest BCUT2D eigenvalue weighted by atomic mass is 16.1. The number of piperidine rings is 1.